The minimum absolute atomic E-state index is 0.0703. The Morgan fingerprint density at radius 3 is 1.78 bits per heavy atom. The lowest BCUT2D eigenvalue weighted by molar-refractivity contribution is -0.143. The second-order valence-corrected chi connectivity index (χ2v) is 21.2. The smallest absolute Gasteiger partial charge is 0.314 e. The van der Waals surface area contributed by atoms with Gasteiger partial charge in [-0.15, -0.1) is 0 Å². The van der Waals surface area contributed by atoms with Gasteiger partial charge < -0.3 is 13.0 Å². The fourth-order valence-corrected chi connectivity index (χ4v) is 15.1. The summed E-state index contributed by atoms with van der Waals surface area (Å²) in [6, 6.07) is 0.893. The molecule has 0 radical (unpaired) electrons. The Balaban J connectivity index is 4.32. The lowest BCUT2D eigenvalue weighted by atomic mass is 10.2. The van der Waals surface area contributed by atoms with Gasteiger partial charge in [-0.25, -0.2) is 0 Å². The van der Waals surface area contributed by atoms with Crippen molar-refractivity contribution in [2.24, 2.45) is 0 Å². The van der Waals surface area contributed by atoms with E-state index < -0.39 is 25.2 Å². The summed E-state index contributed by atoms with van der Waals surface area (Å²) < 4.78 is 18.2. The molecule has 0 unspecified atom stereocenters. The highest BCUT2D eigenvalue weighted by atomic mass is 28.5. The summed E-state index contributed by atoms with van der Waals surface area (Å²) in [4.78, 5) is 11.6. The number of esters is 1. The fourth-order valence-electron chi connectivity index (χ4n) is 2.59. The molecule has 0 aromatic rings. The quantitative estimate of drug-likeness (QED) is 0.263. The SMILES string of the molecule is CCCCCC(=O)OCCC[Si](C)(O[Si](C)(C)C)O[Si](C)(C)C. The highest BCUT2D eigenvalue weighted by Crippen LogP contribution is 2.25. The third-order valence-electron chi connectivity index (χ3n) is 3.07. The fraction of sp³-hybridized carbons (Fsp3) is 0.938. The molecule has 0 heterocycles. The van der Waals surface area contributed by atoms with E-state index >= 15 is 0 Å². The first-order valence-electron chi connectivity index (χ1n) is 8.93. The summed E-state index contributed by atoms with van der Waals surface area (Å²) in [7, 11) is -5.48. The molecule has 0 aromatic heterocycles. The molecule has 4 nitrogen and oxygen atoms in total. The molecule has 0 aromatic carbocycles. The van der Waals surface area contributed by atoms with E-state index in [4.69, 9.17) is 13.0 Å². The van der Waals surface area contributed by atoms with Crippen LogP contribution in [0.5, 0.6) is 0 Å². The van der Waals surface area contributed by atoms with Crippen molar-refractivity contribution in [3.63, 3.8) is 0 Å². The van der Waals surface area contributed by atoms with Crippen molar-refractivity contribution in [1.29, 1.82) is 0 Å². The van der Waals surface area contributed by atoms with Crippen molar-refractivity contribution < 1.29 is 17.8 Å². The maximum atomic E-state index is 11.6. The van der Waals surface area contributed by atoms with Crippen LogP contribution in [0, 0.1) is 0 Å². The van der Waals surface area contributed by atoms with Gasteiger partial charge >= 0.3 is 14.5 Å². The van der Waals surface area contributed by atoms with Crippen molar-refractivity contribution in [2.75, 3.05) is 6.61 Å². The van der Waals surface area contributed by atoms with Crippen molar-refractivity contribution in [2.45, 2.75) is 90.9 Å². The standard InChI is InChI=1S/C16H38O4Si3/c1-9-10-11-13-16(17)18-14-12-15-23(8,19-21(2,3)4)20-22(5,6)7/h9-15H2,1-8H3. The minimum atomic E-state index is -2.19. The Morgan fingerprint density at radius 1 is 0.826 bits per heavy atom. The van der Waals surface area contributed by atoms with Crippen LogP contribution in [0.15, 0.2) is 0 Å². The molecule has 0 saturated carbocycles. The molecular formula is C16H38O4Si3. The summed E-state index contributed by atoms with van der Waals surface area (Å²) >= 11 is 0. The number of hydrogen-bond acceptors (Lipinski definition) is 4. The average molecular weight is 379 g/mol. The highest BCUT2D eigenvalue weighted by Gasteiger charge is 2.39. The zero-order chi connectivity index (χ0) is 18.1. The van der Waals surface area contributed by atoms with Crippen LogP contribution in [-0.4, -0.2) is 37.8 Å². The van der Waals surface area contributed by atoms with Gasteiger partial charge in [-0.2, -0.15) is 0 Å². The molecule has 23 heavy (non-hydrogen) atoms. The highest BCUT2D eigenvalue weighted by molar-refractivity contribution is 6.87. The second kappa shape index (κ2) is 10.1. The molecule has 0 saturated heterocycles. The van der Waals surface area contributed by atoms with Gasteiger partial charge in [0.15, 0.2) is 16.6 Å². The first-order chi connectivity index (χ1) is 10.4. The Labute approximate surface area is 146 Å². The first-order valence-corrected chi connectivity index (χ1v) is 18.3. The normalized spacial score (nSPS) is 13.2. The van der Waals surface area contributed by atoms with E-state index in [-0.39, 0.29) is 5.97 Å². The molecule has 0 aliphatic rings. The maximum Gasteiger partial charge on any atom is 0.314 e. The van der Waals surface area contributed by atoms with E-state index in [1.165, 1.54) is 0 Å². The van der Waals surface area contributed by atoms with Crippen LogP contribution in [0.2, 0.25) is 51.9 Å². The van der Waals surface area contributed by atoms with Crippen molar-refractivity contribution in [1.82, 2.24) is 0 Å². The summed E-state index contributed by atoms with van der Waals surface area (Å²) in [5.41, 5.74) is 0. The second-order valence-electron chi connectivity index (χ2n) is 8.34. The van der Waals surface area contributed by atoms with E-state index in [0.29, 0.717) is 13.0 Å². The molecule has 0 spiro atoms. The number of hydrogen-bond donors (Lipinski definition) is 0. The van der Waals surface area contributed by atoms with Gasteiger partial charge in [0.1, 0.15) is 0 Å². The molecule has 0 aliphatic heterocycles. The third-order valence-corrected chi connectivity index (χ3v) is 12.7. The molecule has 0 atom stereocenters. The molecule has 0 fully saturated rings. The first kappa shape index (κ1) is 23.0. The van der Waals surface area contributed by atoms with Crippen LogP contribution in [-0.2, 0) is 17.8 Å². The Morgan fingerprint density at radius 2 is 1.35 bits per heavy atom. The molecule has 138 valence electrons. The van der Waals surface area contributed by atoms with Gasteiger partial charge in [0.2, 0.25) is 0 Å². The van der Waals surface area contributed by atoms with E-state index in [9.17, 15) is 4.79 Å². The molecule has 0 bridgehead atoms. The minimum Gasteiger partial charge on any atom is -0.466 e. The van der Waals surface area contributed by atoms with Crippen LogP contribution in [0.1, 0.15) is 39.0 Å². The monoisotopic (exact) mass is 378 g/mol. The Hall–Kier alpha value is 0.0406. The van der Waals surface area contributed by atoms with E-state index in [0.717, 1.165) is 31.7 Å². The van der Waals surface area contributed by atoms with Gasteiger partial charge in [0.25, 0.3) is 0 Å². The Kier molecular flexibility index (Phi) is 10.1. The lowest BCUT2D eigenvalue weighted by Crippen LogP contribution is -2.52. The maximum absolute atomic E-state index is 11.6. The number of carbonyl (C=O) groups is 1. The van der Waals surface area contributed by atoms with Crippen molar-refractivity contribution in [3.05, 3.63) is 0 Å². The summed E-state index contributed by atoms with van der Waals surface area (Å²) in [5.74, 6) is -0.0703. The largest absolute Gasteiger partial charge is 0.466 e. The van der Waals surface area contributed by atoms with Gasteiger partial charge in [0.05, 0.1) is 6.61 Å². The van der Waals surface area contributed by atoms with Gasteiger partial charge in [-0.1, -0.05) is 19.8 Å². The van der Waals surface area contributed by atoms with Gasteiger partial charge in [0, 0.05) is 6.42 Å². The van der Waals surface area contributed by atoms with E-state index in [1.807, 2.05) is 0 Å². The number of carbonyl (C=O) groups excluding carboxylic acids is 1. The molecule has 7 heteroatoms. The van der Waals surface area contributed by atoms with Crippen LogP contribution >= 0.6 is 0 Å². The zero-order valence-electron chi connectivity index (χ0n) is 16.6. The van der Waals surface area contributed by atoms with E-state index in [2.05, 4.69) is 52.8 Å². The summed E-state index contributed by atoms with van der Waals surface area (Å²) in [6.07, 6.45) is 4.52. The molecule has 0 amide bonds. The zero-order valence-corrected chi connectivity index (χ0v) is 19.6. The summed E-state index contributed by atoms with van der Waals surface area (Å²) in [5, 5.41) is 0. The van der Waals surface area contributed by atoms with Crippen LogP contribution in [0.3, 0.4) is 0 Å². The molecule has 0 N–H and O–H groups in total. The van der Waals surface area contributed by atoms with Crippen molar-refractivity contribution in [3.8, 4) is 0 Å². The third kappa shape index (κ3) is 14.1. The molecule has 0 rings (SSSR count). The van der Waals surface area contributed by atoms with Gasteiger partial charge in [-0.3, -0.25) is 4.79 Å². The van der Waals surface area contributed by atoms with Crippen molar-refractivity contribution >= 4 is 31.2 Å². The van der Waals surface area contributed by atoms with Crippen LogP contribution in [0.4, 0.5) is 0 Å². The predicted molar refractivity (Wildman–Crippen MR) is 105 cm³/mol. The Bertz CT molecular complexity index is 332. The van der Waals surface area contributed by atoms with E-state index in [1.54, 1.807) is 0 Å². The average Bonchev–Trinajstić information content (AvgIpc) is 2.30. The molecular weight excluding hydrogens is 340 g/mol. The number of unbranched alkanes of at least 4 members (excludes halogenated alkanes) is 2. The summed E-state index contributed by atoms with van der Waals surface area (Å²) in [6.45, 7) is 18.0. The topological polar surface area (TPSA) is 44.8 Å². The van der Waals surface area contributed by atoms with Gasteiger partial charge in [-0.05, 0) is 64.7 Å². The lowest BCUT2D eigenvalue weighted by Gasteiger charge is -2.38. The van der Waals surface area contributed by atoms with Crippen LogP contribution < -0.4 is 0 Å². The number of rotatable bonds is 12. The number of ether oxygens (including phenoxy) is 1. The molecule has 0 aliphatic carbocycles. The predicted octanol–water partition coefficient (Wildman–Crippen LogP) is 5.28. The van der Waals surface area contributed by atoms with Crippen LogP contribution in [0.25, 0.3) is 0 Å².